The Kier molecular flexibility index (Phi) is 4.18. The first-order valence-electron chi connectivity index (χ1n) is 7.21. The third-order valence-electron chi connectivity index (χ3n) is 3.68. The molecule has 1 aliphatic rings. The predicted molar refractivity (Wildman–Crippen MR) is 81.5 cm³/mol. The summed E-state index contributed by atoms with van der Waals surface area (Å²) in [5, 5.41) is 9.93. The van der Waals surface area contributed by atoms with Crippen LogP contribution in [0.1, 0.15) is 36.2 Å². The summed E-state index contributed by atoms with van der Waals surface area (Å²) >= 11 is 0. The van der Waals surface area contributed by atoms with Gasteiger partial charge in [0.05, 0.1) is 18.7 Å². The van der Waals surface area contributed by atoms with Crippen LogP contribution >= 0.6 is 0 Å². The normalized spacial score (nSPS) is 16.0. The maximum atomic E-state index is 12.1. The van der Waals surface area contributed by atoms with E-state index in [1.54, 1.807) is 11.1 Å². The number of aromatic nitrogens is 3. The maximum Gasteiger partial charge on any atom is 0.308 e. The van der Waals surface area contributed by atoms with Crippen LogP contribution in [0.4, 0.5) is 0 Å². The molecule has 118 valence electrons. The second kappa shape index (κ2) is 6.43. The molecule has 2 heterocycles. The van der Waals surface area contributed by atoms with Gasteiger partial charge in [-0.3, -0.25) is 9.59 Å². The fourth-order valence-electron chi connectivity index (χ4n) is 2.58. The first kappa shape index (κ1) is 15.0. The van der Waals surface area contributed by atoms with Crippen LogP contribution in [0.3, 0.4) is 0 Å². The molecule has 0 saturated carbocycles. The average molecular weight is 312 g/mol. The Balaban J connectivity index is 1.74. The van der Waals surface area contributed by atoms with Crippen molar-refractivity contribution in [2.24, 2.45) is 0 Å². The van der Waals surface area contributed by atoms with Crippen molar-refractivity contribution >= 4 is 18.0 Å². The van der Waals surface area contributed by atoms with Gasteiger partial charge in [0.2, 0.25) is 5.91 Å². The van der Waals surface area contributed by atoms with Gasteiger partial charge in [0, 0.05) is 13.1 Å². The Hall–Kier alpha value is -2.96. The van der Waals surface area contributed by atoms with Crippen LogP contribution < -0.4 is 0 Å². The van der Waals surface area contributed by atoms with E-state index in [9.17, 15) is 9.59 Å². The third kappa shape index (κ3) is 3.28. The molecule has 1 atom stereocenters. The highest BCUT2D eigenvalue weighted by Gasteiger charge is 2.28. The fraction of sp³-hybridized carbons (Fsp3) is 0.250. The van der Waals surface area contributed by atoms with Gasteiger partial charge < -0.3 is 9.64 Å². The monoisotopic (exact) mass is 312 g/mol. The minimum absolute atomic E-state index is 0.0552. The molecule has 0 aliphatic carbocycles. The fourth-order valence-corrected chi connectivity index (χ4v) is 2.58. The molecule has 1 amide bonds. The SMILES string of the molecule is CC(=O)N1C=Cc2ccccc2C1CC(=O)OCc1cn[nH]n1. The Morgan fingerprint density at radius 3 is 2.91 bits per heavy atom. The zero-order valence-corrected chi connectivity index (χ0v) is 12.6. The lowest BCUT2D eigenvalue weighted by Crippen LogP contribution is -2.32. The van der Waals surface area contributed by atoms with Crippen molar-refractivity contribution in [3.63, 3.8) is 0 Å². The van der Waals surface area contributed by atoms with Crippen LogP contribution in [0.2, 0.25) is 0 Å². The number of carbonyl (C=O) groups is 2. The van der Waals surface area contributed by atoms with Gasteiger partial charge in [-0.2, -0.15) is 15.4 Å². The van der Waals surface area contributed by atoms with Gasteiger partial charge in [0.25, 0.3) is 0 Å². The Morgan fingerprint density at radius 1 is 1.35 bits per heavy atom. The molecule has 0 spiro atoms. The van der Waals surface area contributed by atoms with Crippen LogP contribution in [0.25, 0.3) is 6.08 Å². The van der Waals surface area contributed by atoms with E-state index < -0.39 is 5.97 Å². The first-order valence-corrected chi connectivity index (χ1v) is 7.21. The van der Waals surface area contributed by atoms with E-state index in [0.717, 1.165) is 11.1 Å². The topological polar surface area (TPSA) is 88.2 Å². The summed E-state index contributed by atoms with van der Waals surface area (Å²) in [6, 6.07) is 7.33. The number of benzene rings is 1. The zero-order valence-electron chi connectivity index (χ0n) is 12.6. The van der Waals surface area contributed by atoms with Gasteiger partial charge in [-0.05, 0) is 17.2 Å². The van der Waals surface area contributed by atoms with Crippen LogP contribution in [0, 0.1) is 0 Å². The molecular weight excluding hydrogens is 296 g/mol. The van der Waals surface area contributed by atoms with Crippen LogP contribution in [-0.2, 0) is 20.9 Å². The Bertz CT molecular complexity index is 740. The van der Waals surface area contributed by atoms with Crippen molar-refractivity contribution in [3.8, 4) is 0 Å². The standard InChI is InChI=1S/C16H16N4O3/c1-11(21)20-7-6-12-4-2-3-5-14(12)15(20)8-16(22)23-10-13-9-17-19-18-13/h2-7,9,15H,8,10H2,1H3,(H,17,18,19). The molecule has 1 aliphatic heterocycles. The summed E-state index contributed by atoms with van der Waals surface area (Å²) in [5.74, 6) is -0.514. The lowest BCUT2D eigenvalue weighted by atomic mass is 9.94. The van der Waals surface area contributed by atoms with Gasteiger partial charge in [0.15, 0.2) is 0 Å². The average Bonchev–Trinajstić information content (AvgIpc) is 3.06. The predicted octanol–water partition coefficient (Wildman–Crippen LogP) is 1.81. The van der Waals surface area contributed by atoms with E-state index in [-0.39, 0.29) is 25.0 Å². The van der Waals surface area contributed by atoms with E-state index in [0.29, 0.717) is 5.69 Å². The molecule has 0 bridgehead atoms. The van der Waals surface area contributed by atoms with Crippen molar-refractivity contribution in [2.75, 3.05) is 0 Å². The molecule has 7 nitrogen and oxygen atoms in total. The molecule has 2 aromatic rings. The van der Waals surface area contributed by atoms with Gasteiger partial charge in [-0.15, -0.1) is 0 Å². The molecule has 1 N–H and O–H groups in total. The Labute approximate surface area is 132 Å². The van der Waals surface area contributed by atoms with Crippen LogP contribution in [-0.4, -0.2) is 32.2 Å². The molecule has 1 aromatic carbocycles. The van der Waals surface area contributed by atoms with Gasteiger partial charge >= 0.3 is 5.97 Å². The number of hydrogen-bond acceptors (Lipinski definition) is 5. The summed E-state index contributed by atoms with van der Waals surface area (Å²) in [5.41, 5.74) is 2.48. The number of fused-ring (bicyclic) bond motifs is 1. The maximum absolute atomic E-state index is 12.1. The van der Waals surface area contributed by atoms with Crippen LogP contribution in [0.15, 0.2) is 36.7 Å². The summed E-state index contributed by atoms with van der Waals surface area (Å²) in [6.07, 6.45) is 5.15. The first-order chi connectivity index (χ1) is 11.1. The molecule has 0 radical (unpaired) electrons. The van der Waals surface area contributed by atoms with Crippen molar-refractivity contribution in [2.45, 2.75) is 26.0 Å². The number of nitrogens with zero attached hydrogens (tertiary/aromatic N) is 3. The van der Waals surface area contributed by atoms with Gasteiger partial charge in [-0.25, -0.2) is 0 Å². The number of hydrogen-bond donors (Lipinski definition) is 1. The number of H-pyrrole nitrogens is 1. The second-order valence-electron chi connectivity index (χ2n) is 5.21. The van der Waals surface area contributed by atoms with Crippen LogP contribution in [0.5, 0.6) is 0 Å². The third-order valence-corrected chi connectivity index (χ3v) is 3.68. The molecule has 0 fully saturated rings. The summed E-state index contributed by atoms with van der Waals surface area (Å²) < 4.78 is 5.21. The number of nitrogens with one attached hydrogen (secondary N) is 1. The van der Waals surface area contributed by atoms with Crippen molar-refractivity contribution < 1.29 is 14.3 Å². The smallest absolute Gasteiger partial charge is 0.308 e. The van der Waals surface area contributed by atoms with Crippen molar-refractivity contribution in [3.05, 3.63) is 53.5 Å². The molecule has 1 unspecified atom stereocenters. The highest BCUT2D eigenvalue weighted by molar-refractivity contribution is 5.80. The number of aromatic amines is 1. The lowest BCUT2D eigenvalue weighted by molar-refractivity contribution is -0.147. The molecule has 23 heavy (non-hydrogen) atoms. The van der Waals surface area contributed by atoms with E-state index in [2.05, 4.69) is 15.4 Å². The Morgan fingerprint density at radius 2 is 2.17 bits per heavy atom. The summed E-state index contributed by atoms with van der Waals surface area (Å²) in [4.78, 5) is 25.5. The number of amides is 1. The number of carbonyl (C=O) groups excluding carboxylic acids is 2. The zero-order chi connectivity index (χ0) is 16.2. The summed E-state index contributed by atoms with van der Waals surface area (Å²) in [7, 11) is 0. The minimum Gasteiger partial charge on any atom is -0.459 e. The lowest BCUT2D eigenvalue weighted by Gasteiger charge is -2.32. The highest BCUT2D eigenvalue weighted by Crippen LogP contribution is 2.33. The summed E-state index contributed by atoms with van der Waals surface area (Å²) in [6.45, 7) is 1.53. The van der Waals surface area contributed by atoms with E-state index >= 15 is 0 Å². The van der Waals surface area contributed by atoms with E-state index in [4.69, 9.17) is 4.74 Å². The highest BCUT2D eigenvalue weighted by atomic mass is 16.5. The molecule has 1 aromatic heterocycles. The van der Waals surface area contributed by atoms with Gasteiger partial charge in [0.1, 0.15) is 12.3 Å². The van der Waals surface area contributed by atoms with E-state index in [1.807, 2.05) is 30.3 Å². The number of ether oxygens (including phenoxy) is 1. The largest absolute Gasteiger partial charge is 0.459 e. The second-order valence-corrected chi connectivity index (χ2v) is 5.21. The molecule has 0 saturated heterocycles. The van der Waals surface area contributed by atoms with Crippen molar-refractivity contribution in [1.29, 1.82) is 0 Å². The van der Waals surface area contributed by atoms with Crippen molar-refractivity contribution in [1.82, 2.24) is 20.3 Å². The van der Waals surface area contributed by atoms with Gasteiger partial charge in [-0.1, -0.05) is 24.3 Å². The molecule has 7 heteroatoms. The molecular formula is C16H16N4O3. The number of esters is 1. The minimum atomic E-state index is -0.394. The van der Waals surface area contributed by atoms with E-state index in [1.165, 1.54) is 13.1 Å². The quantitative estimate of drug-likeness (QED) is 0.870. The number of rotatable bonds is 4. The molecule has 3 rings (SSSR count).